The van der Waals surface area contributed by atoms with Crippen LogP contribution in [0.2, 0.25) is 0 Å². The molecule has 5 nitrogen and oxygen atoms in total. The maximum atomic E-state index is 11.2. The lowest BCUT2D eigenvalue weighted by Crippen LogP contribution is -2.21. The van der Waals surface area contributed by atoms with Gasteiger partial charge >= 0.3 is 0 Å². The van der Waals surface area contributed by atoms with E-state index in [4.69, 9.17) is 0 Å². The fraction of sp³-hybridized carbons (Fsp3) is 0.727. The third kappa shape index (κ3) is 4.22. The van der Waals surface area contributed by atoms with Crippen molar-refractivity contribution in [3.8, 4) is 0 Å². The number of amides is 1. The lowest BCUT2D eigenvalue weighted by Gasteiger charge is -2.12. The van der Waals surface area contributed by atoms with Crippen molar-refractivity contribution in [3.63, 3.8) is 0 Å². The predicted octanol–water partition coefficient (Wildman–Crippen LogP) is 2.07. The first kappa shape index (κ1) is 13.8. The number of carbonyl (C=O) groups is 1. The molecule has 1 fully saturated rings. The molecule has 0 saturated carbocycles. The zero-order chi connectivity index (χ0) is 12.8. The number of nitrogens with one attached hydrogen (secondary N) is 1. The summed E-state index contributed by atoms with van der Waals surface area (Å²) in [4.78, 5) is 13.7. The number of carbonyl (C=O) groups excluding carboxylic acids is 1. The summed E-state index contributed by atoms with van der Waals surface area (Å²) in [6.07, 6.45) is 3.13. The van der Waals surface area contributed by atoms with Gasteiger partial charge in [0.25, 0.3) is 0 Å². The largest absolute Gasteiger partial charge is 0.303 e. The monoisotopic (exact) mass is 286 g/mol. The van der Waals surface area contributed by atoms with E-state index >= 15 is 0 Å². The van der Waals surface area contributed by atoms with Crippen molar-refractivity contribution in [3.05, 3.63) is 0 Å². The van der Waals surface area contributed by atoms with E-state index < -0.39 is 0 Å². The van der Waals surface area contributed by atoms with Crippen molar-refractivity contribution >= 4 is 34.1 Å². The number of thioether (sulfide) groups is 1. The van der Waals surface area contributed by atoms with Gasteiger partial charge in [-0.25, -0.2) is 0 Å². The first-order valence-corrected chi connectivity index (χ1v) is 8.06. The Morgan fingerprint density at radius 3 is 2.94 bits per heavy atom. The molecule has 1 aromatic rings. The van der Waals surface area contributed by atoms with E-state index in [-0.39, 0.29) is 5.91 Å². The number of rotatable bonds is 6. The van der Waals surface area contributed by atoms with E-state index in [1.165, 1.54) is 37.3 Å². The second-order valence-corrected chi connectivity index (χ2v) is 6.49. The fourth-order valence-corrected chi connectivity index (χ4v) is 3.63. The van der Waals surface area contributed by atoms with Gasteiger partial charge in [-0.1, -0.05) is 30.0 Å². The SMILES string of the molecule is CCC(=O)Nc1nnc(SCCN2CCCC2)s1. The molecule has 2 rings (SSSR count). The molecule has 0 unspecified atom stereocenters. The van der Waals surface area contributed by atoms with Crippen LogP contribution in [0.4, 0.5) is 5.13 Å². The van der Waals surface area contributed by atoms with Gasteiger partial charge < -0.3 is 10.2 Å². The van der Waals surface area contributed by atoms with Crippen LogP contribution in [0.15, 0.2) is 4.34 Å². The van der Waals surface area contributed by atoms with E-state index in [2.05, 4.69) is 20.4 Å². The molecule has 0 spiro atoms. The van der Waals surface area contributed by atoms with Crippen LogP contribution >= 0.6 is 23.1 Å². The van der Waals surface area contributed by atoms with Gasteiger partial charge in [0.05, 0.1) is 0 Å². The van der Waals surface area contributed by atoms with Gasteiger partial charge in [0.2, 0.25) is 11.0 Å². The third-order valence-electron chi connectivity index (χ3n) is 2.81. The van der Waals surface area contributed by atoms with Crippen LogP contribution in [0.3, 0.4) is 0 Å². The number of anilines is 1. The molecular formula is C11H18N4OS2. The predicted molar refractivity (Wildman–Crippen MR) is 75.2 cm³/mol. The average Bonchev–Trinajstić information content (AvgIpc) is 3.01. The van der Waals surface area contributed by atoms with Gasteiger partial charge in [-0.05, 0) is 25.9 Å². The van der Waals surface area contributed by atoms with E-state index in [1.807, 2.05) is 6.92 Å². The maximum absolute atomic E-state index is 11.2. The molecule has 1 aromatic heterocycles. The lowest BCUT2D eigenvalue weighted by atomic mass is 10.4. The minimum atomic E-state index is -0.0141. The van der Waals surface area contributed by atoms with Crippen molar-refractivity contribution in [1.29, 1.82) is 0 Å². The van der Waals surface area contributed by atoms with E-state index in [9.17, 15) is 4.79 Å². The summed E-state index contributed by atoms with van der Waals surface area (Å²) >= 11 is 3.16. The van der Waals surface area contributed by atoms with Crippen molar-refractivity contribution in [1.82, 2.24) is 15.1 Å². The Balaban J connectivity index is 1.70. The van der Waals surface area contributed by atoms with Gasteiger partial charge in [-0.15, -0.1) is 10.2 Å². The Morgan fingerprint density at radius 1 is 1.44 bits per heavy atom. The van der Waals surface area contributed by atoms with Crippen LogP contribution < -0.4 is 5.32 Å². The maximum Gasteiger partial charge on any atom is 0.225 e. The van der Waals surface area contributed by atoms with Crippen LogP contribution in [0.5, 0.6) is 0 Å². The van der Waals surface area contributed by atoms with Crippen LogP contribution in [0, 0.1) is 0 Å². The van der Waals surface area contributed by atoms with Crippen LogP contribution in [0.1, 0.15) is 26.2 Å². The van der Waals surface area contributed by atoms with Crippen molar-refractivity contribution in [2.24, 2.45) is 0 Å². The first-order chi connectivity index (χ1) is 8.78. The van der Waals surface area contributed by atoms with Gasteiger partial charge in [0, 0.05) is 18.7 Å². The van der Waals surface area contributed by atoms with E-state index in [0.29, 0.717) is 11.6 Å². The molecule has 0 bridgehead atoms. The number of nitrogens with zero attached hydrogens (tertiary/aromatic N) is 3. The van der Waals surface area contributed by atoms with Crippen molar-refractivity contribution < 1.29 is 4.79 Å². The van der Waals surface area contributed by atoms with Crippen LogP contribution in [0.25, 0.3) is 0 Å². The Labute approximate surface area is 115 Å². The molecule has 100 valence electrons. The molecule has 1 aliphatic heterocycles. The van der Waals surface area contributed by atoms with E-state index in [0.717, 1.165) is 16.6 Å². The molecule has 0 aromatic carbocycles. The highest BCUT2D eigenvalue weighted by molar-refractivity contribution is 8.01. The topological polar surface area (TPSA) is 58.1 Å². The summed E-state index contributed by atoms with van der Waals surface area (Å²) in [5, 5.41) is 11.4. The van der Waals surface area contributed by atoms with Crippen LogP contribution in [-0.4, -0.2) is 46.4 Å². The number of aromatic nitrogens is 2. The smallest absolute Gasteiger partial charge is 0.225 e. The molecule has 0 aliphatic carbocycles. The summed E-state index contributed by atoms with van der Waals surface area (Å²) in [6, 6.07) is 0. The summed E-state index contributed by atoms with van der Waals surface area (Å²) in [5.41, 5.74) is 0. The number of hydrogen-bond donors (Lipinski definition) is 1. The molecule has 0 radical (unpaired) electrons. The lowest BCUT2D eigenvalue weighted by molar-refractivity contribution is -0.115. The second kappa shape index (κ2) is 7.06. The molecule has 2 heterocycles. The minimum Gasteiger partial charge on any atom is -0.303 e. The molecule has 0 atom stereocenters. The molecule has 1 aliphatic rings. The quantitative estimate of drug-likeness (QED) is 0.641. The first-order valence-electron chi connectivity index (χ1n) is 6.26. The zero-order valence-electron chi connectivity index (χ0n) is 10.5. The number of likely N-dealkylation sites (tertiary alicyclic amines) is 1. The van der Waals surface area contributed by atoms with Gasteiger partial charge in [0.15, 0.2) is 4.34 Å². The highest BCUT2D eigenvalue weighted by Gasteiger charge is 2.12. The molecular weight excluding hydrogens is 268 g/mol. The highest BCUT2D eigenvalue weighted by atomic mass is 32.2. The normalized spacial score (nSPS) is 16.1. The van der Waals surface area contributed by atoms with Crippen LogP contribution in [-0.2, 0) is 4.79 Å². The average molecular weight is 286 g/mol. The van der Waals surface area contributed by atoms with Gasteiger partial charge in [-0.2, -0.15) is 0 Å². The van der Waals surface area contributed by atoms with Crippen molar-refractivity contribution in [2.45, 2.75) is 30.5 Å². The summed E-state index contributed by atoms with van der Waals surface area (Å²) in [6.45, 7) is 5.39. The summed E-state index contributed by atoms with van der Waals surface area (Å²) < 4.78 is 0.931. The van der Waals surface area contributed by atoms with Gasteiger partial charge in [0.1, 0.15) is 0 Å². The zero-order valence-corrected chi connectivity index (χ0v) is 12.1. The third-order valence-corrected chi connectivity index (χ3v) is 4.76. The van der Waals surface area contributed by atoms with Gasteiger partial charge in [-0.3, -0.25) is 4.79 Å². The summed E-state index contributed by atoms with van der Waals surface area (Å²) in [5.74, 6) is 1.02. The second-order valence-electron chi connectivity index (χ2n) is 4.17. The van der Waals surface area contributed by atoms with Crippen molar-refractivity contribution in [2.75, 3.05) is 30.7 Å². The summed E-state index contributed by atoms with van der Waals surface area (Å²) in [7, 11) is 0. The molecule has 1 N–H and O–H groups in total. The highest BCUT2D eigenvalue weighted by Crippen LogP contribution is 2.25. The molecule has 1 saturated heterocycles. The molecule has 18 heavy (non-hydrogen) atoms. The fourth-order valence-electron chi connectivity index (χ4n) is 1.79. The minimum absolute atomic E-state index is 0.0141. The Hall–Kier alpha value is -0.660. The Bertz CT molecular complexity index is 390. The molecule has 1 amide bonds. The standard InChI is InChI=1S/C11H18N4OS2/c1-2-9(16)12-10-13-14-11(18-10)17-8-7-15-5-3-4-6-15/h2-8H2,1H3,(H,12,13,16). The van der Waals surface area contributed by atoms with E-state index in [1.54, 1.807) is 11.8 Å². The Morgan fingerprint density at radius 2 is 2.22 bits per heavy atom. The Kier molecular flexibility index (Phi) is 5.40. The number of hydrogen-bond acceptors (Lipinski definition) is 6. The molecule has 7 heteroatoms.